The molecule has 3 N–H and O–H groups in total. The molecule has 5 nitrogen and oxygen atoms in total. The molecule has 0 atom stereocenters. The van der Waals surface area contributed by atoms with Crippen molar-refractivity contribution in [3.8, 4) is 17.4 Å². The highest BCUT2D eigenvalue weighted by Gasteiger charge is 2.12. The third-order valence-corrected chi connectivity index (χ3v) is 2.74. The highest BCUT2D eigenvalue weighted by Crippen LogP contribution is 2.26. The van der Waals surface area contributed by atoms with Gasteiger partial charge in [-0.15, -0.1) is 0 Å². The number of benzene rings is 1. The van der Waals surface area contributed by atoms with Crippen molar-refractivity contribution in [3.05, 3.63) is 47.7 Å². The fourth-order valence-corrected chi connectivity index (χ4v) is 1.82. The van der Waals surface area contributed by atoms with Gasteiger partial charge in [0.2, 0.25) is 5.88 Å². The van der Waals surface area contributed by atoms with Crippen molar-refractivity contribution in [2.75, 3.05) is 6.61 Å². The number of nitrogens with one attached hydrogen (secondary N) is 1. The van der Waals surface area contributed by atoms with Crippen LogP contribution in [-0.4, -0.2) is 17.4 Å². The number of pyridine rings is 1. The average Bonchev–Trinajstić information content (AvgIpc) is 2.41. The lowest BCUT2D eigenvalue weighted by Gasteiger charge is -2.11. The van der Waals surface area contributed by atoms with Gasteiger partial charge in [-0.1, -0.05) is 0 Å². The van der Waals surface area contributed by atoms with E-state index in [0.29, 0.717) is 23.8 Å². The van der Waals surface area contributed by atoms with Crippen LogP contribution < -0.4 is 15.2 Å². The summed E-state index contributed by atoms with van der Waals surface area (Å²) in [5, 5.41) is 7.61. The maximum Gasteiger partial charge on any atom is 0.230 e. The van der Waals surface area contributed by atoms with Gasteiger partial charge in [-0.2, -0.15) is 0 Å². The number of ether oxygens (including phenoxy) is 2. The highest BCUT2D eigenvalue weighted by molar-refractivity contribution is 5.98. The van der Waals surface area contributed by atoms with Crippen molar-refractivity contribution in [1.29, 1.82) is 5.41 Å². The monoisotopic (exact) mass is 271 g/mol. The molecule has 0 saturated heterocycles. The van der Waals surface area contributed by atoms with E-state index in [1.54, 1.807) is 24.4 Å². The van der Waals surface area contributed by atoms with Crippen LogP contribution in [0.2, 0.25) is 0 Å². The molecule has 0 unspecified atom stereocenters. The van der Waals surface area contributed by atoms with Crippen LogP contribution in [-0.2, 0) is 0 Å². The van der Waals surface area contributed by atoms with Crippen molar-refractivity contribution in [1.82, 2.24) is 4.98 Å². The van der Waals surface area contributed by atoms with Crippen molar-refractivity contribution in [2.24, 2.45) is 5.73 Å². The standard InChI is InChI=1S/C15H17N3O2/c1-3-19-11-4-6-12(7-5-11)20-15-13(14(16)17)10(2)8-9-18-15/h4-9H,3H2,1-2H3,(H3,16,17). The Morgan fingerprint density at radius 3 is 2.45 bits per heavy atom. The van der Waals surface area contributed by atoms with E-state index in [4.69, 9.17) is 20.6 Å². The largest absolute Gasteiger partial charge is 0.494 e. The minimum absolute atomic E-state index is 0.0588. The number of hydrogen-bond donors (Lipinski definition) is 2. The first-order valence-electron chi connectivity index (χ1n) is 6.32. The van der Waals surface area contributed by atoms with E-state index in [-0.39, 0.29) is 5.84 Å². The maximum atomic E-state index is 7.61. The van der Waals surface area contributed by atoms with Gasteiger partial charge in [-0.3, -0.25) is 5.41 Å². The highest BCUT2D eigenvalue weighted by atomic mass is 16.5. The fraction of sp³-hybridized carbons (Fsp3) is 0.200. The van der Waals surface area contributed by atoms with Gasteiger partial charge in [0.15, 0.2) is 0 Å². The van der Waals surface area contributed by atoms with Gasteiger partial charge in [0.05, 0.1) is 12.2 Å². The Bertz CT molecular complexity index is 609. The molecular formula is C15H17N3O2. The van der Waals surface area contributed by atoms with E-state index < -0.39 is 0 Å². The number of aromatic nitrogens is 1. The molecule has 0 amide bonds. The van der Waals surface area contributed by atoms with E-state index in [1.807, 2.05) is 26.0 Å². The van der Waals surface area contributed by atoms with E-state index in [2.05, 4.69) is 4.98 Å². The van der Waals surface area contributed by atoms with Crippen molar-refractivity contribution in [2.45, 2.75) is 13.8 Å². The van der Waals surface area contributed by atoms with E-state index in [1.165, 1.54) is 0 Å². The summed E-state index contributed by atoms with van der Waals surface area (Å²) in [4.78, 5) is 4.14. The van der Waals surface area contributed by atoms with Crippen molar-refractivity contribution in [3.63, 3.8) is 0 Å². The molecule has 0 radical (unpaired) electrons. The first-order valence-corrected chi connectivity index (χ1v) is 6.32. The first-order chi connectivity index (χ1) is 9.61. The van der Waals surface area contributed by atoms with Crippen LogP contribution in [0.15, 0.2) is 36.5 Å². The molecule has 20 heavy (non-hydrogen) atoms. The SMILES string of the molecule is CCOc1ccc(Oc2nccc(C)c2C(=N)N)cc1. The number of hydrogen-bond acceptors (Lipinski definition) is 4. The summed E-state index contributed by atoms with van der Waals surface area (Å²) < 4.78 is 11.1. The second kappa shape index (κ2) is 6.06. The third kappa shape index (κ3) is 3.06. The Labute approximate surface area is 117 Å². The number of nitrogens with zero attached hydrogens (tertiary/aromatic N) is 1. The molecule has 1 aromatic carbocycles. The number of rotatable bonds is 5. The number of amidine groups is 1. The lowest BCUT2D eigenvalue weighted by atomic mass is 10.1. The Balaban J connectivity index is 2.26. The minimum Gasteiger partial charge on any atom is -0.494 e. The van der Waals surface area contributed by atoms with Gasteiger partial charge in [-0.05, 0) is 49.7 Å². The first kappa shape index (κ1) is 13.9. The van der Waals surface area contributed by atoms with Crippen molar-refractivity contribution >= 4 is 5.84 Å². The normalized spacial score (nSPS) is 10.1. The lowest BCUT2D eigenvalue weighted by molar-refractivity contribution is 0.339. The molecule has 5 heteroatoms. The molecule has 0 aliphatic rings. The Hall–Kier alpha value is -2.56. The zero-order chi connectivity index (χ0) is 14.5. The topological polar surface area (TPSA) is 81.2 Å². The molecule has 0 aliphatic carbocycles. The van der Waals surface area contributed by atoms with Gasteiger partial charge in [0.25, 0.3) is 0 Å². The van der Waals surface area contributed by atoms with Gasteiger partial charge >= 0.3 is 0 Å². The predicted octanol–water partition coefficient (Wildman–Crippen LogP) is 2.87. The smallest absolute Gasteiger partial charge is 0.230 e. The Morgan fingerprint density at radius 1 is 1.20 bits per heavy atom. The van der Waals surface area contributed by atoms with E-state index in [0.717, 1.165) is 11.3 Å². The molecular weight excluding hydrogens is 254 g/mol. The zero-order valence-electron chi connectivity index (χ0n) is 11.5. The number of nitrogens with two attached hydrogens (primary N) is 1. The molecule has 2 aromatic rings. The van der Waals surface area contributed by atoms with Crippen LogP contribution in [0, 0.1) is 12.3 Å². The zero-order valence-corrected chi connectivity index (χ0v) is 11.5. The van der Waals surface area contributed by atoms with Crippen molar-refractivity contribution < 1.29 is 9.47 Å². The van der Waals surface area contributed by atoms with Crippen LogP contribution in [0.3, 0.4) is 0 Å². The summed E-state index contributed by atoms with van der Waals surface area (Å²) in [6.07, 6.45) is 1.63. The van der Waals surface area contributed by atoms with Crippen LogP contribution in [0.1, 0.15) is 18.1 Å². The molecule has 2 rings (SSSR count). The number of aryl methyl sites for hydroxylation is 1. The maximum absolute atomic E-state index is 7.61. The molecule has 0 saturated carbocycles. The number of nitrogen functional groups attached to an aromatic ring is 1. The summed E-state index contributed by atoms with van der Waals surface area (Å²) in [6, 6.07) is 9.02. The molecule has 0 fully saturated rings. The minimum atomic E-state index is -0.0588. The summed E-state index contributed by atoms with van der Waals surface area (Å²) in [5.74, 6) is 1.68. The van der Waals surface area contributed by atoms with Gasteiger partial charge in [0.1, 0.15) is 17.3 Å². The fourth-order valence-electron chi connectivity index (χ4n) is 1.82. The van der Waals surface area contributed by atoms with Crippen LogP contribution in [0.4, 0.5) is 0 Å². The Kier molecular flexibility index (Phi) is 4.20. The molecule has 0 spiro atoms. The van der Waals surface area contributed by atoms with Crippen LogP contribution >= 0.6 is 0 Å². The molecule has 0 bridgehead atoms. The molecule has 0 aliphatic heterocycles. The molecule has 1 aromatic heterocycles. The summed E-state index contributed by atoms with van der Waals surface area (Å²) >= 11 is 0. The van der Waals surface area contributed by atoms with E-state index >= 15 is 0 Å². The Morgan fingerprint density at radius 2 is 1.85 bits per heavy atom. The van der Waals surface area contributed by atoms with Gasteiger partial charge in [0, 0.05) is 6.20 Å². The predicted molar refractivity (Wildman–Crippen MR) is 77.7 cm³/mol. The molecule has 1 heterocycles. The second-order valence-corrected chi connectivity index (χ2v) is 4.23. The lowest BCUT2D eigenvalue weighted by Crippen LogP contribution is -2.14. The van der Waals surface area contributed by atoms with E-state index in [9.17, 15) is 0 Å². The van der Waals surface area contributed by atoms with Crippen LogP contribution in [0.25, 0.3) is 0 Å². The summed E-state index contributed by atoms with van der Waals surface area (Å²) in [5.41, 5.74) is 6.95. The van der Waals surface area contributed by atoms with Crippen LogP contribution in [0.5, 0.6) is 17.4 Å². The average molecular weight is 271 g/mol. The summed E-state index contributed by atoms with van der Waals surface area (Å²) in [6.45, 7) is 4.41. The third-order valence-electron chi connectivity index (χ3n) is 2.74. The second-order valence-electron chi connectivity index (χ2n) is 4.23. The van der Waals surface area contributed by atoms with Gasteiger partial charge < -0.3 is 15.2 Å². The van der Waals surface area contributed by atoms with Gasteiger partial charge in [-0.25, -0.2) is 4.98 Å². The molecule has 104 valence electrons. The quantitative estimate of drug-likeness (QED) is 0.647. The summed E-state index contributed by atoms with van der Waals surface area (Å²) in [7, 11) is 0.